The molecule has 2 unspecified atom stereocenters. The minimum atomic E-state index is 0.155. The number of ether oxygens (including phenoxy) is 1. The molecule has 84 valence electrons. The van der Waals surface area contributed by atoms with Crippen LogP contribution in [0.2, 0.25) is 0 Å². The van der Waals surface area contributed by atoms with Crippen molar-refractivity contribution in [3.63, 3.8) is 0 Å². The molecule has 15 heavy (non-hydrogen) atoms. The Hall–Kier alpha value is -0.380. The number of hydrogen-bond donors (Lipinski definition) is 1. The van der Waals surface area contributed by atoms with Crippen LogP contribution in [0, 0.1) is 0 Å². The van der Waals surface area contributed by atoms with Crippen LogP contribution in [0.1, 0.15) is 54.2 Å². The van der Waals surface area contributed by atoms with Crippen LogP contribution in [-0.2, 0) is 11.2 Å². The lowest BCUT2D eigenvalue weighted by molar-refractivity contribution is 0.0506. The Morgan fingerprint density at radius 1 is 1.67 bits per heavy atom. The number of thiophene rings is 1. The Labute approximate surface area is 95.4 Å². The normalized spacial score (nSPS) is 22.5. The van der Waals surface area contributed by atoms with E-state index in [1.54, 1.807) is 0 Å². The fourth-order valence-electron chi connectivity index (χ4n) is 2.13. The van der Waals surface area contributed by atoms with E-state index in [0.717, 1.165) is 13.0 Å². The van der Waals surface area contributed by atoms with Crippen molar-refractivity contribution in [3.05, 3.63) is 21.4 Å². The van der Waals surface area contributed by atoms with Gasteiger partial charge in [0.05, 0.1) is 6.10 Å². The third-order valence-electron chi connectivity index (χ3n) is 2.89. The molecule has 3 heteroatoms. The highest BCUT2D eigenvalue weighted by molar-refractivity contribution is 7.12. The standard InChI is InChI=1S/C12H19NOS/c1-3-14-10-5-4-6-11-9(10)7-12(15-11)8(2)13/h7-8,10H,3-6,13H2,1-2H3. The summed E-state index contributed by atoms with van der Waals surface area (Å²) in [4.78, 5) is 2.79. The lowest BCUT2D eigenvalue weighted by Gasteiger charge is -2.22. The first kappa shape index (κ1) is 11.1. The Kier molecular flexibility index (Phi) is 3.44. The maximum Gasteiger partial charge on any atom is 0.0835 e. The van der Waals surface area contributed by atoms with Crippen LogP contribution in [0.4, 0.5) is 0 Å². The fourth-order valence-corrected chi connectivity index (χ4v) is 3.35. The molecule has 1 aromatic rings. The van der Waals surface area contributed by atoms with Gasteiger partial charge in [-0.05, 0) is 44.7 Å². The van der Waals surface area contributed by atoms with Crippen molar-refractivity contribution in [2.75, 3.05) is 6.61 Å². The average Bonchev–Trinajstić information content (AvgIpc) is 2.63. The monoisotopic (exact) mass is 225 g/mol. The lowest BCUT2D eigenvalue weighted by Crippen LogP contribution is -2.10. The summed E-state index contributed by atoms with van der Waals surface area (Å²) in [5, 5.41) is 0. The van der Waals surface area contributed by atoms with Crippen LogP contribution in [0.5, 0.6) is 0 Å². The van der Waals surface area contributed by atoms with E-state index in [9.17, 15) is 0 Å². The van der Waals surface area contributed by atoms with Crippen LogP contribution < -0.4 is 5.73 Å². The van der Waals surface area contributed by atoms with Gasteiger partial charge in [0.1, 0.15) is 0 Å². The topological polar surface area (TPSA) is 35.2 Å². The molecular formula is C12H19NOS. The van der Waals surface area contributed by atoms with E-state index in [1.165, 1.54) is 28.2 Å². The lowest BCUT2D eigenvalue weighted by atomic mass is 9.95. The number of rotatable bonds is 3. The van der Waals surface area contributed by atoms with Gasteiger partial charge in [0.15, 0.2) is 0 Å². The van der Waals surface area contributed by atoms with Gasteiger partial charge in [-0.15, -0.1) is 11.3 Å². The molecule has 1 aromatic heterocycles. The van der Waals surface area contributed by atoms with Crippen molar-refractivity contribution in [1.82, 2.24) is 0 Å². The van der Waals surface area contributed by atoms with E-state index >= 15 is 0 Å². The molecule has 1 aliphatic carbocycles. The number of aryl methyl sites for hydroxylation is 1. The molecular weight excluding hydrogens is 206 g/mol. The molecule has 0 amide bonds. The molecule has 2 N–H and O–H groups in total. The highest BCUT2D eigenvalue weighted by atomic mass is 32.1. The first-order valence-corrected chi connectivity index (χ1v) is 6.53. The van der Waals surface area contributed by atoms with Crippen molar-refractivity contribution in [2.45, 2.75) is 45.3 Å². The largest absolute Gasteiger partial charge is 0.374 e. The molecule has 2 nitrogen and oxygen atoms in total. The maximum atomic E-state index is 5.91. The molecule has 0 aromatic carbocycles. The summed E-state index contributed by atoms with van der Waals surface area (Å²) < 4.78 is 5.77. The maximum absolute atomic E-state index is 5.91. The quantitative estimate of drug-likeness (QED) is 0.857. The van der Waals surface area contributed by atoms with Gasteiger partial charge in [-0.2, -0.15) is 0 Å². The fraction of sp³-hybridized carbons (Fsp3) is 0.667. The van der Waals surface area contributed by atoms with E-state index in [1.807, 2.05) is 18.3 Å². The molecule has 1 aliphatic rings. The van der Waals surface area contributed by atoms with Gasteiger partial charge in [0.25, 0.3) is 0 Å². The summed E-state index contributed by atoms with van der Waals surface area (Å²) >= 11 is 1.87. The highest BCUT2D eigenvalue weighted by Crippen LogP contribution is 2.39. The predicted molar refractivity (Wildman–Crippen MR) is 64.2 cm³/mol. The molecule has 0 spiro atoms. The van der Waals surface area contributed by atoms with Crippen LogP contribution in [0.15, 0.2) is 6.07 Å². The summed E-state index contributed by atoms with van der Waals surface area (Å²) in [6, 6.07) is 2.41. The summed E-state index contributed by atoms with van der Waals surface area (Å²) in [7, 11) is 0. The minimum Gasteiger partial charge on any atom is -0.374 e. The van der Waals surface area contributed by atoms with E-state index in [0.29, 0.717) is 6.10 Å². The van der Waals surface area contributed by atoms with Crippen LogP contribution in [0.25, 0.3) is 0 Å². The zero-order valence-corrected chi connectivity index (χ0v) is 10.3. The average molecular weight is 225 g/mol. The molecule has 2 atom stereocenters. The van der Waals surface area contributed by atoms with Gasteiger partial charge in [0, 0.05) is 22.4 Å². The van der Waals surface area contributed by atoms with Gasteiger partial charge >= 0.3 is 0 Å². The summed E-state index contributed by atoms with van der Waals surface area (Å²) in [5.74, 6) is 0. The van der Waals surface area contributed by atoms with E-state index in [2.05, 4.69) is 13.0 Å². The second-order valence-corrected chi connectivity index (χ2v) is 5.32. The van der Waals surface area contributed by atoms with E-state index in [4.69, 9.17) is 10.5 Å². The van der Waals surface area contributed by atoms with Crippen molar-refractivity contribution in [2.24, 2.45) is 5.73 Å². The van der Waals surface area contributed by atoms with Gasteiger partial charge < -0.3 is 10.5 Å². The second-order valence-electron chi connectivity index (χ2n) is 4.15. The Balaban J connectivity index is 2.26. The zero-order valence-electron chi connectivity index (χ0n) is 9.45. The smallest absolute Gasteiger partial charge is 0.0835 e. The molecule has 0 bridgehead atoms. The number of fused-ring (bicyclic) bond motifs is 1. The highest BCUT2D eigenvalue weighted by Gasteiger charge is 2.23. The third-order valence-corrected chi connectivity index (χ3v) is 4.31. The van der Waals surface area contributed by atoms with Crippen molar-refractivity contribution in [3.8, 4) is 0 Å². The van der Waals surface area contributed by atoms with Crippen LogP contribution >= 0.6 is 11.3 Å². The zero-order chi connectivity index (χ0) is 10.8. The number of nitrogens with two attached hydrogens (primary N) is 1. The molecule has 1 heterocycles. The van der Waals surface area contributed by atoms with E-state index < -0.39 is 0 Å². The molecule has 0 saturated heterocycles. The predicted octanol–water partition coefficient (Wildman–Crippen LogP) is 3.18. The van der Waals surface area contributed by atoms with Gasteiger partial charge in [0.2, 0.25) is 0 Å². The Morgan fingerprint density at radius 3 is 3.13 bits per heavy atom. The first-order chi connectivity index (χ1) is 7.22. The summed E-state index contributed by atoms with van der Waals surface area (Å²) in [6.45, 7) is 4.91. The van der Waals surface area contributed by atoms with Gasteiger partial charge in [-0.3, -0.25) is 0 Å². The molecule has 0 radical (unpaired) electrons. The third kappa shape index (κ3) is 2.25. The van der Waals surface area contributed by atoms with Gasteiger partial charge in [-0.1, -0.05) is 0 Å². The van der Waals surface area contributed by atoms with Crippen molar-refractivity contribution >= 4 is 11.3 Å². The summed E-state index contributed by atoms with van der Waals surface area (Å²) in [6.07, 6.45) is 3.94. The SMILES string of the molecule is CCOC1CCCc2sc(C(C)N)cc21. The van der Waals surface area contributed by atoms with Crippen molar-refractivity contribution < 1.29 is 4.74 Å². The molecule has 0 saturated carbocycles. The van der Waals surface area contributed by atoms with Crippen LogP contribution in [0.3, 0.4) is 0 Å². The molecule has 2 rings (SSSR count). The van der Waals surface area contributed by atoms with E-state index in [-0.39, 0.29) is 6.04 Å². The summed E-state index contributed by atoms with van der Waals surface area (Å²) in [5.41, 5.74) is 7.32. The molecule has 0 fully saturated rings. The van der Waals surface area contributed by atoms with Crippen LogP contribution in [-0.4, -0.2) is 6.61 Å². The van der Waals surface area contributed by atoms with Crippen molar-refractivity contribution in [1.29, 1.82) is 0 Å². The number of hydrogen-bond acceptors (Lipinski definition) is 3. The Morgan fingerprint density at radius 2 is 2.47 bits per heavy atom. The van der Waals surface area contributed by atoms with Gasteiger partial charge in [-0.25, -0.2) is 0 Å². The second kappa shape index (κ2) is 4.64. The molecule has 0 aliphatic heterocycles. The minimum absolute atomic E-state index is 0.155. The Bertz CT molecular complexity index is 332. The first-order valence-electron chi connectivity index (χ1n) is 5.72.